The van der Waals surface area contributed by atoms with Crippen molar-refractivity contribution in [1.29, 1.82) is 0 Å². The Kier molecular flexibility index (Phi) is 4.80. The van der Waals surface area contributed by atoms with Gasteiger partial charge in [0.05, 0.1) is 24.5 Å². The molecule has 1 aromatic carbocycles. The summed E-state index contributed by atoms with van der Waals surface area (Å²) in [5.74, 6) is 1.93. The minimum atomic E-state index is -0.282. The first-order valence-corrected chi connectivity index (χ1v) is 9.96. The number of benzene rings is 1. The van der Waals surface area contributed by atoms with Gasteiger partial charge in [0.15, 0.2) is 5.11 Å². The lowest BCUT2D eigenvalue weighted by atomic mass is 10.0. The Labute approximate surface area is 178 Å². The first-order valence-electron chi connectivity index (χ1n) is 9.55. The lowest BCUT2D eigenvalue weighted by Gasteiger charge is -2.25. The Hall–Kier alpha value is -3.45. The van der Waals surface area contributed by atoms with Crippen molar-refractivity contribution in [3.8, 4) is 11.3 Å². The summed E-state index contributed by atoms with van der Waals surface area (Å²) in [6.45, 7) is 0.499. The van der Waals surface area contributed by atoms with E-state index in [-0.39, 0.29) is 17.9 Å². The largest absolute Gasteiger partial charge is 0.467 e. The molecule has 0 radical (unpaired) electrons. The van der Waals surface area contributed by atoms with Crippen molar-refractivity contribution in [2.45, 2.75) is 18.6 Å². The van der Waals surface area contributed by atoms with Gasteiger partial charge in [0, 0.05) is 11.8 Å². The van der Waals surface area contributed by atoms with E-state index >= 15 is 0 Å². The summed E-state index contributed by atoms with van der Waals surface area (Å²) >= 11 is 5.64. The molecule has 150 valence electrons. The van der Waals surface area contributed by atoms with E-state index in [2.05, 4.69) is 10.3 Å². The molecule has 1 saturated heterocycles. The minimum absolute atomic E-state index is 0.180. The van der Waals surface area contributed by atoms with Crippen molar-refractivity contribution in [1.82, 2.24) is 15.2 Å². The smallest absolute Gasteiger partial charge is 0.170 e. The molecule has 0 spiro atoms. The summed E-state index contributed by atoms with van der Waals surface area (Å²) in [6.07, 6.45) is 3.41. The predicted octanol–water partition coefficient (Wildman–Crippen LogP) is 5.25. The van der Waals surface area contributed by atoms with Crippen LogP contribution in [0.25, 0.3) is 11.3 Å². The second-order valence-electron chi connectivity index (χ2n) is 7.04. The molecule has 5 rings (SSSR count). The SMILES string of the molecule is Fc1ccc(-c2ccc([C@H]3[C@@H](c4ccccn4)NC(=S)N3Cc3ccco3)o2)cc1. The monoisotopic (exact) mass is 419 g/mol. The van der Waals surface area contributed by atoms with Crippen LogP contribution in [0.4, 0.5) is 4.39 Å². The fraction of sp³-hybridized carbons (Fsp3) is 0.130. The molecule has 4 heterocycles. The highest BCUT2D eigenvalue weighted by Crippen LogP contribution is 2.41. The van der Waals surface area contributed by atoms with Gasteiger partial charge in [-0.15, -0.1) is 0 Å². The average Bonchev–Trinajstić information content (AvgIpc) is 3.51. The van der Waals surface area contributed by atoms with Crippen molar-refractivity contribution < 1.29 is 13.2 Å². The van der Waals surface area contributed by atoms with E-state index in [0.717, 1.165) is 22.8 Å². The molecule has 0 saturated carbocycles. The van der Waals surface area contributed by atoms with Crippen LogP contribution in [0.5, 0.6) is 0 Å². The molecule has 1 aliphatic rings. The fourth-order valence-electron chi connectivity index (χ4n) is 3.74. The summed E-state index contributed by atoms with van der Waals surface area (Å²) in [7, 11) is 0. The Balaban J connectivity index is 1.53. The normalized spacial score (nSPS) is 18.6. The van der Waals surface area contributed by atoms with Crippen LogP contribution in [-0.4, -0.2) is 15.0 Å². The number of hydrogen-bond donors (Lipinski definition) is 1. The maximum Gasteiger partial charge on any atom is 0.170 e. The van der Waals surface area contributed by atoms with Crippen LogP contribution in [0, 0.1) is 5.82 Å². The lowest BCUT2D eigenvalue weighted by Crippen LogP contribution is -2.28. The maximum absolute atomic E-state index is 13.3. The van der Waals surface area contributed by atoms with Crippen LogP contribution in [0.3, 0.4) is 0 Å². The standard InChI is InChI=1S/C23H18FN3O2S/c24-16-8-6-15(7-9-16)19-10-11-20(29-19)22-21(18-5-1-2-12-25-18)26-23(30)27(22)14-17-4-3-13-28-17/h1-13,21-22H,14H2,(H,26,30)/t21-,22+/m1/s1. The van der Waals surface area contributed by atoms with E-state index in [0.29, 0.717) is 17.4 Å². The molecule has 5 nitrogen and oxygen atoms in total. The molecule has 0 amide bonds. The maximum atomic E-state index is 13.3. The second-order valence-corrected chi connectivity index (χ2v) is 7.43. The fourth-order valence-corrected chi connectivity index (χ4v) is 4.04. The van der Waals surface area contributed by atoms with Crippen molar-refractivity contribution in [3.63, 3.8) is 0 Å². The van der Waals surface area contributed by atoms with Gasteiger partial charge in [0.25, 0.3) is 0 Å². The van der Waals surface area contributed by atoms with Gasteiger partial charge in [-0.3, -0.25) is 4.98 Å². The number of nitrogens with one attached hydrogen (secondary N) is 1. The molecule has 1 fully saturated rings. The number of halogens is 1. The molecular formula is C23H18FN3O2S. The molecule has 0 aliphatic carbocycles. The highest BCUT2D eigenvalue weighted by atomic mass is 32.1. The zero-order chi connectivity index (χ0) is 20.5. The first-order chi connectivity index (χ1) is 14.7. The van der Waals surface area contributed by atoms with E-state index in [1.54, 1.807) is 24.6 Å². The van der Waals surface area contributed by atoms with Crippen LogP contribution in [0.15, 0.2) is 88.0 Å². The zero-order valence-electron chi connectivity index (χ0n) is 15.9. The number of nitrogens with zero attached hydrogens (tertiary/aromatic N) is 2. The summed E-state index contributed by atoms with van der Waals surface area (Å²) < 4.78 is 25.1. The average molecular weight is 419 g/mol. The molecule has 30 heavy (non-hydrogen) atoms. The number of rotatable bonds is 5. The van der Waals surface area contributed by atoms with E-state index in [9.17, 15) is 4.39 Å². The molecule has 4 aromatic rings. The van der Waals surface area contributed by atoms with E-state index in [1.807, 2.05) is 47.4 Å². The number of furan rings is 2. The van der Waals surface area contributed by atoms with Crippen LogP contribution >= 0.6 is 12.2 Å². The molecule has 7 heteroatoms. The lowest BCUT2D eigenvalue weighted by molar-refractivity contribution is 0.253. The van der Waals surface area contributed by atoms with Crippen molar-refractivity contribution >= 4 is 17.3 Å². The van der Waals surface area contributed by atoms with E-state index < -0.39 is 0 Å². The van der Waals surface area contributed by atoms with E-state index in [4.69, 9.17) is 21.1 Å². The van der Waals surface area contributed by atoms with Crippen molar-refractivity contribution in [2.75, 3.05) is 0 Å². The van der Waals surface area contributed by atoms with Gasteiger partial charge >= 0.3 is 0 Å². The van der Waals surface area contributed by atoms with Gasteiger partial charge in [-0.1, -0.05) is 6.07 Å². The summed E-state index contributed by atoms with van der Waals surface area (Å²) in [6, 6.07) is 19.2. The Bertz CT molecular complexity index is 1140. The van der Waals surface area contributed by atoms with Gasteiger partial charge in [-0.2, -0.15) is 0 Å². The third-order valence-electron chi connectivity index (χ3n) is 5.15. The number of hydrogen-bond acceptors (Lipinski definition) is 4. The topological polar surface area (TPSA) is 54.4 Å². The number of thiocarbonyl (C=S) groups is 1. The molecule has 3 aromatic heterocycles. The molecule has 0 unspecified atom stereocenters. The predicted molar refractivity (Wildman–Crippen MR) is 114 cm³/mol. The van der Waals surface area contributed by atoms with Crippen LogP contribution in [-0.2, 0) is 6.54 Å². The first kappa shape index (κ1) is 18.6. The van der Waals surface area contributed by atoms with Gasteiger partial charge < -0.3 is 19.1 Å². The van der Waals surface area contributed by atoms with Gasteiger partial charge in [0.1, 0.15) is 29.1 Å². The minimum Gasteiger partial charge on any atom is -0.467 e. The molecular weight excluding hydrogens is 401 g/mol. The summed E-state index contributed by atoms with van der Waals surface area (Å²) in [5, 5.41) is 3.98. The van der Waals surface area contributed by atoms with Crippen molar-refractivity contribution in [2.24, 2.45) is 0 Å². The summed E-state index contributed by atoms with van der Waals surface area (Å²) in [5.41, 5.74) is 1.68. The molecule has 1 N–H and O–H groups in total. The third kappa shape index (κ3) is 3.48. The van der Waals surface area contributed by atoms with Gasteiger partial charge in [0.2, 0.25) is 0 Å². The van der Waals surface area contributed by atoms with Crippen LogP contribution in [0.2, 0.25) is 0 Å². The summed E-state index contributed by atoms with van der Waals surface area (Å²) in [4.78, 5) is 6.56. The molecule has 2 atom stereocenters. The molecule has 1 aliphatic heterocycles. The van der Waals surface area contributed by atoms with Crippen LogP contribution < -0.4 is 5.32 Å². The Morgan fingerprint density at radius 3 is 2.63 bits per heavy atom. The van der Waals surface area contributed by atoms with E-state index in [1.165, 1.54) is 12.1 Å². The highest BCUT2D eigenvalue weighted by molar-refractivity contribution is 7.80. The highest BCUT2D eigenvalue weighted by Gasteiger charge is 2.42. The Morgan fingerprint density at radius 2 is 1.90 bits per heavy atom. The zero-order valence-corrected chi connectivity index (χ0v) is 16.7. The molecule has 0 bridgehead atoms. The van der Waals surface area contributed by atoms with Crippen molar-refractivity contribution in [3.05, 3.63) is 102 Å². The third-order valence-corrected chi connectivity index (χ3v) is 5.50. The number of aromatic nitrogens is 1. The van der Waals surface area contributed by atoms with Gasteiger partial charge in [-0.05, 0) is 72.9 Å². The van der Waals surface area contributed by atoms with Gasteiger partial charge in [-0.25, -0.2) is 4.39 Å². The quantitative estimate of drug-likeness (QED) is 0.446. The van der Waals surface area contributed by atoms with Crippen LogP contribution in [0.1, 0.15) is 29.3 Å². The second kappa shape index (κ2) is 7.76. The number of pyridine rings is 1. The Morgan fingerprint density at radius 1 is 1.03 bits per heavy atom.